The molecule has 1 heterocycles. The number of aromatic hydroxyl groups is 1. The zero-order chi connectivity index (χ0) is 31.5. The van der Waals surface area contributed by atoms with Crippen LogP contribution in [0, 0.1) is 23.0 Å². The molecule has 12 heteroatoms. The highest BCUT2D eigenvalue weighted by Crippen LogP contribution is 2.34. The van der Waals surface area contributed by atoms with Crippen LogP contribution in [-0.4, -0.2) is 29.0 Å². The number of nitriles is 1. The first-order chi connectivity index (χ1) is 20.4. The first-order valence-electron chi connectivity index (χ1n) is 13.4. The summed E-state index contributed by atoms with van der Waals surface area (Å²) in [5.74, 6) is -3.05. The molecule has 0 radical (unpaired) electrons. The van der Waals surface area contributed by atoms with Crippen molar-refractivity contribution in [3.05, 3.63) is 105 Å². The first kappa shape index (κ1) is 31.1. The molecule has 0 fully saturated rings. The zero-order valence-electron chi connectivity index (χ0n) is 23.3. The lowest BCUT2D eigenvalue weighted by Gasteiger charge is -2.25. The summed E-state index contributed by atoms with van der Waals surface area (Å²) in [4.78, 5) is 27.8. The van der Waals surface area contributed by atoms with E-state index in [0.29, 0.717) is 17.5 Å². The maximum absolute atomic E-state index is 14.6. The molecule has 0 aliphatic rings. The molecule has 0 aliphatic carbocycles. The van der Waals surface area contributed by atoms with Gasteiger partial charge >= 0.3 is 0 Å². The molecule has 43 heavy (non-hydrogen) atoms. The van der Waals surface area contributed by atoms with Gasteiger partial charge in [-0.2, -0.15) is 10.2 Å². The molecule has 1 atom stereocenters. The monoisotopic (exact) mass is 606 g/mol. The van der Waals surface area contributed by atoms with Crippen molar-refractivity contribution in [2.75, 3.05) is 0 Å². The second kappa shape index (κ2) is 12.5. The molecule has 3 aromatic carbocycles. The number of amides is 1. The van der Waals surface area contributed by atoms with Gasteiger partial charge in [0.05, 0.1) is 16.5 Å². The van der Waals surface area contributed by atoms with Crippen LogP contribution in [0.3, 0.4) is 0 Å². The molecule has 0 unspecified atom stereocenters. The number of nitrogens with zero attached hydrogens (tertiary/aromatic N) is 3. The van der Waals surface area contributed by atoms with Gasteiger partial charge in [0.2, 0.25) is 21.6 Å². The number of carbonyl (C=O) groups excluding carboxylic acids is 1. The van der Waals surface area contributed by atoms with Crippen LogP contribution < -0.4 is 11.3 Å². The number of aromatic nitrogens is 2. The Kier molecular flexibility index (Phi) is 9.06. The zero-order valence-corrected chi connectivity index (χ0v) is 24.2. The Morgan fingerprint density at radius 3 is 2.37 bits per heavy atom. The third-order valence-electron chi connectivity index (χ3n) is 7.08. The second-order valence-corrected chi connectivity index (χ2v) is 11.7. The number of sulfone groups is 1. The molecule has 0 saturated carbocycles. The lowest BCUT2D eigenvalue weighted by Crippen LogP contribution is -2.27. The van der Waals surface area contributed by atoms with Crippen LogP contribution in [0.4, 0.5) is 8.78 Å². The Morgan fingerprint density at radius 2 is 1.79 bits per heavy atom. The van der Waals surface area contributed by atoms with Gasteiger partial charge in [-0.25, -0.2) is 17.2 Å². The van der Waals surface area contributed by atoms with Crippen molar-refractivity contribution in [2.24, 2.45) is 5.73 Å². The summed E-state index contributed by atoms with van der Waals surface area (Å²) in [5.41, 5.74) is 4.91. The van der Waals surface area contributed by atoms with Gasteiger partial charge in [-0.3, -0.25) is 14.2 Å². The Labute approximate surface area is 246 Å². The highest BCUT2D eigenvalue weighted by Gasteiger charge is 2.32. The number of unbranched alkanes of at least 4 members (excludes halogenated alkanes) is 1. The fourth-order valence-electron chi connectivity index (χ4n) is 4.92. The number of halogens is 2. The van der Waals surface area contributed by atoms with E-state index in [2.05, 4.69) is 4.98 Å². The number of carbonyl (C=O) groups is 1. The van der Waals surface area contributed by atoms with Gasteiger partial charge < -0.3 is 10.8 Å². The molecule has 1 amide bonds. The van der Waals surface area contributed by atoms with E-state index in [1.54, 1.807) is 13.0 Å². The van der Waals surface area contributed by atoms with Gasteiger partial charge in [-0.15, -0.1) is 0 Å². The minimum atomic E-state index is -4.65. The predicted molar refractivity (Wildman–Crippen MR) is 154 cm³/mol. The number of rotatable bonds is 10. The smallest absolute Gasteiger partial charge is 0.296 e. The molecule has 0 saturated heterocycles. The summed E-state index contributed by atoms with van der Waals surface area (Å²) in [6.07, 6.45) is 1.80. The van der Waals surface area contributed by atoms with Crippen molar-refractivity contribution in [3.63, 3.8) is 0 Å². The number of nitrogens with two attached hydrogens (primary N) is 1. The third-order valence-corrected chi connectivity index (χ3v) is 8.86. The van der Waals surface area contributed by atoms with E-state index in [0.717, 1.165) is 24.6 Å². The molecule has 0 bridgehead atoms. The van der Waals surface area contributed by atoms with Crippen LogP contribution in [0.1, 0.15) is 66.5 Å². The fourth-order valence-corrected chi connectivity index (χ4v) is 6.27. The average molecular weight is 607 g/mol. The topological polar surface area (TPSA) is 156 Å². The molecule has 222 valence electrons. The maximum Gasteiger partial charge on any atom is 0.296 e. The number of hydrogen-bond donors (Lipinski definition) is 2. The molecule has 4 rings (SSSR count). The van der Waals surface area contributed by atoms with Gasteiger partial charge in [-0.05, 0) is 65.9 Å². The summed E-state index contributed by atoms with van der Waals surface area (Å²) in [7, 11) is -4.65. The molecule has 0 spiro atoms. The van der Waals surface area contributed by atoms with Crippen LogP contribution in [0.15, 0.2) is 75.2 Å². The van der Waals surface area contributed by atoms with Crippen LogP contribution >= 0.6 is 0 Å². The van der Waals surface area contributed by atoms with Crippen molar-refractivity contribution in [2.45, 2.75) is 55.4 Å². The van der Waals surface area contributed by atoms with Crippen LogP contribution in [-0.2, 0) is 16.3 Å². The van der Waals surface area contributed by atoms with E-state index in [-0.39, 0.29) is 40.3 Å². The van der Waals surface area contributed by atoms with Crippen molar-refractivity contribution < 1.29 is 27.1 Å². The number of aryl methyl sites for hydroxylation is 1. The van der Waals surface area contributed by atoms with Crippen molar-refractivity contribution in [1.82, 2.24) is 9.55 Å². The van der Waals surface area contributed by atoms with Crippen LogP contribution in [0.25, 0.3) is 11.1 Å². The number of primary amides is 1. The van der Waals surface area contributed by atoms with E-state index in [4.69, 9.17) is 11.0 Å². The van der Waals surface area contributed by atoms with Crippen LogP contribution in [0.5, 0.6) is 5.88 Å². The lowest BCUT2D eigenvalue weighted by atomic mass is 9.99. The molecule has 1 aromatic heterocycles. The molecular formula is C31H28F2N4O5S. The molecule has 9 nitrogen and oxygen atoms in total. The Balaban J connectivity index is 1.87. The Morgan fingerprint density at radius 1 is 1.09 bits per heavy atom. The summed E-state index contributed by atoms with van der Waals surface area (Å²) in [6, 6.07) is 13.4. The van der Waals surface area contributed by atoms with Crippen molar-refractivity contribution >= 4 is 15.7 Å². The Hall–Kier alpha value is -4.89. The quantitative estimate of drug-likeness (QED) is 0.256. The van der Waals surface area contributed by atoms with Gasteiger partial charge in [-0.1, -0.05) is 44.5 Å². The average Bonchev–Trinajstić information content (AvgIpc) is 2.97. The van der Waals surface area contributed by atoms with Gasteiger partial charge in [0.15, 0.2) is 4.90 Å². The second-order valence-electron chi connectivity index (χ2n) is 9.82. The molecule has 0 aliphatic heterocycles. The maximum atomic E-state index is 14.6. The van der Waals surface area contributed by atoms with Gasteiger partial charge in [0, 0.05) is 12.0 Å². The van der Waals surface area contributed by atoms with Gasteiger partial charge in [0.25, 0.3) is 5.56 Å². The van der Waals surface area contributed by atoms with E-state index < -0.39 is 49.8 Å². The lowest BCUT2D eigenvalue weighted by molar-refractivity contribution is 0.100. The molecule has 4 aromatic rings. The van der Waals surface area contributed by atoms with E-state index >= 15 is 0 Å². The standard InChI is InChI=1S/C31H28F2N4O5S/c1-3-5-6-27-36-30(39)28(31(40)37(27)26(4-2)19-7-8-20(17-34)25(33)15-19)43(41,42)22-12-9-18(10-13-22)23-14-11-21(32)16-24(23)29(35)38/h7-16,26,40H,3-6H2,1-2H3,(H2,35,38)/t26-/m0/s1. The summed E-state index contributed by atoms with van der Waals surface area (Å²) >= 11 is 0. The highest BCUT2D eigenvalue weighted by molar-refractivity contribution is 7.91. The Bertz CT molecular complexity index is 1920. The first-order valence-corrected chi connectivity index (χ1v) is 14.9. The van der Waals surface area contributed by atoms with Crippen LogP contribution in [0.2, 0.25) is 0 Å². The summed E-state index contributed by atoms with van der Waals surface area (Å²) in [6.45, 7) is 3.65. The molecule has 3 N–H and O–H groups in total. The van der Waals surface area contributed by atoms with E-state index in [1.807, 2.05) is 6.92 Å². The van der Waals surface area contributed by atoms with Crippen molar-refractivity contribution in [1.29, 1.82) is 5.26 Å². The SMILES string of the molecule is CCCCc1nc(=O)c(S(=O)(=O)c2ccc(-c3ccc(F)cc3C(N)=O)cc2)c(O)n1[C@@H](CC)c1ccc(C#N)c(F)c1. The highest BCUT2D eigenvalue weighted by atomic mass is 32.2. The molecular weight excluding hydrogens is 578 g/mol. The summed E-state index contributed by atoms with van der Waals surface area (Å²) < 4.78 is 57.0. The fraction of sp³-hybridized carbons (Fsp3) is 0.226. The van der Waals surface area contributed by atoms with Crippen molar-refractivity contribution in [3.8, 4) is 23.1 Å². The number of benzene rings is 3. The minimum absolute atomic E-state index is 0.104. The predicted octanol–water partition coefficient (Wildman–Crippen LogP) is 5.04. The van der Waals surface area contributed by atoms with Gasteiger partial charge in [0.1, 0.15) is 23.5 Å². The van der Waals surface area contributed by atoms with E-state index in [9.17, 15) is 31.9 Å². The third kappa shape index (κ3) is 6.03. The van der Waals surface area contributed by atoms with E-state index in [1.165, 1.54) is 47.0 Å². The normalized spacial score (nSPS) is 12.1. The minimum Gasteiger partial charge on any atom is -0.493 e. The summed E-state index contributed by atoms with van der Waals surface area (Å²) in [5, 5.41) is 20.6. The largest absolute Gasteiger partial charge is 0.493 e. The number of hydrogen-bond acceptors (Lipinski definition) is 7.